The first kappa shape index (κ1) is 13.5. The van der Waals surface area contributed by atoms with Crippen molar-refractivity contribution in [2.75, 3.05) is 26.2 Å². The van der Waals surface area contributed by atoms with E-state index in [0.29, 0.717) is 13.1 Å². The van der Waals surface area contributed by atoms with Crippen molar-refractivity contribution in [2.24, 2.45) is 5.92 Å². The third-order valence-corrected chi connectivity index (χ3v) is 3.46. The van der Waals surface area contributed by atoms with Crippen LogP contribution >= 0.6 is 0 Å². The molecule has 16 heavy (non-hydrogen) atoms. The Morgan fingerprint density at radius 3 is 2.50 bits per heavy atom. The Bertz CT molecular complexity index is 237. The van der Waals surface area contributed by atoms with E-state index in [1.54, 1.807) is 6.92 Å². The molecule has 0 aromatic carbocycles. The van der Waals surface area contributed by atoms with Gasteiger partial charge in [-0.2, -0.15) is 0 Å². The quantitative estimate of drug-likeness (QED) is 0.741. The fourth-order valence-electron chi connectivity index (χ4n) is 2.26. The van der Waals surface area contributed by atoms with Crippen molar-refractivity contribution in [3.05, 3.63) is 0 Å². The first-order valence-electron chi connectivity index (χ1n) is 6.18. The molecule has 1 atom stereocenters. The Hall–Kier alpha value is -0.610. The predicted molar refractivity (Wildman–Crippen MR) is 64.6 cm³/mol. The SMILES string of the molecule is CCNC(C)(CN1CCC(C)CC1)C(=O)O. The molecule has 1 unspecified atom stereocenters. The summed E-state index contributed by atoms with van der Waals surface area (Å²) in [5, 5.41) is 12.3. The minimum absolute atomic E-state index is 0.600. The summed E-state index contributed by atoms with van der Waals surface area (Å²) in [7, 11) is 0. The maximum absolute atomic E-state index is 11.3. The summed E-state index contributed by atoms with van der Waals surface area (Å²) < 4.78 is 0. The van der Waals surface area contributed by atoms with Gasteiger partial charge in [-0.1, -0.05) is 13.8 Å². The van der Waals surface area contributed by atoms with Gasteiger partial charge < -0.3 is 15.3 Å². The summed E-state index contributed by atoms with van der Waals surface area (Å²) in [5.74, 6) is 0.0273. The molecular formula is C12H24N2O2. The molecule has 1 fully saturated rings. The Balaban J connectivity index is 2.52. The van der Waals surface area contributed by atoms with Gasteiger partial charge in [0.1, 0.15) is 5.54 Å². The van der Waals surface area contributed by atoms with Crippen molar-refractivity contribution in [1.29, 1.82) is 0 Å². The van der Waals surface area contributed by atoms with E-state index in [1.807, 2.05) is 6.92 Å². The number of hydrogen-bond acceptors (Lipinski definition) is 3. The van der Waals surface area contributed by atoms with E-state index in [2.05, 4.69) is 17.1 Å². The van der Waals surface area contributed by atoms with Crippen LogP contribution in [0.2, 0.25) is 0 Å². The molecule has 0 aromatic rings. The fraction of sp³-hybridized carbons (Fsp3) is 0.917. The van der Waals surface area contributed by atoms with Gasteiger partial charge in [-0.3, -0.25) is 4.79 Å². The number of nitrogens with one attached hydrogen (secondary N) is 1. The zero-order chi connectivity index (χ0) is 12.2. The molecule has 0 bridgehead atoms. The van der Waals surface area contributed by atoms with Crippen molar-refractivity contribution in [3.63, 3.8) is 0 Å². The molecule has 1 aliphatic heterocycles. The Labute approximate surface area is 98.0 Å². The number of carboxylic acids is 1. The van der Waals surface area contributed by atoms with Gasteiger partial charge in [-0.05, 0) is 45.3 Å². The highest BCUT2D eigenvalue weighted by Gasteiger charge is 2.34. The zero-order valence-corrected chi connectivity index (χ0v) is 10.6. The summed E-state index contributed by atoms with van der Waals surface area (Å²) in [6.45, 7) is 9.31. The van der Waals surface area contributed by atoms with Gasteiger partial charge in [-0.25, -0.2) is 0 Å². The summed E-state index contributed by atoms with van der Waals surface area (Å²) >= 11 is 0. The molecule has 0 aliphatic carbocycles. The van der Waals surface area contributed by atoms with Crippen LogP contribution in [-0.4, -0.2) is 47.7 Å². The number of likely N-dealkylation sites (tertiary alicyclic amines) is 1. The van der Waals surface area contributed by atoms with Crippen LogP contribution in [-0.2, 0) is 4.79 Å². The lowest BCUT2D eigenvalue weighted by molar-refractivity contribution is -0.145. The topological polar surface area (TPSA) is 52.6 Å². The predicted octanol–water partition coefficient (Wildman–Crippen LogP) is 1.17. The number of likely N-dealkylation sites (N-methyl/N-ethyl adjacent to an activating group) is 1. The van der Waals surface area contributed by atoms with Crippen LogP contribution in [0.4, 0.5) is 0 Å². The summed E-state index contributed by atoms with van der Waals surface area (Å²) in [6.07, 6.45) is 2.36. The molecule has 0 aromatic heterocycles. The maximum Gasteiger partial charge on any atom is 0.324 e. The summed E-state index contributed by atoms with van der Waals surface area (Å²) in [4.78, 5) is 13.5. The number of piperidine rings is 1. The Kier molecular flexibility index (Phi) is 4.74. The van der Waals surface area contributed by atoms with Gasteiger partial charge in [0, 0.05) is 6.54 Å². The van der Waals surface area contributed by atoms with Gasteiger partial charge in [0.25, 0.3) is 0 Å². The third kappa shape index (κ3) is 3.46. The largest absolute Gasteiger partial charge is 0.480 e. The second-order valence-corrected chi connectivity index (χ2v) is 5.13. The number of rotatable bonds is 5. The minimum Gasteiger partial charge on any atom is -0.480 e. The van der Waals surface area contributed by atoms with Crippen molar-refractivity contribution < 1.29 is 9.90 Å². The maximum atomic E-state index is 11.3. The molecule has 0 amide bonds. The molecule has 1 heterocycles. The first-order chi connectivity index (χ1) is 7.48. The number of nitrogens with zero attached hydrogens (tertiary/aromatic N) is 1. The normalized spacial score (nSPS) is 22.9. The smallest absolute Gasteiger partial charge is 0.324 e. The standard InChI is InChI=1S/C12H24N2O2/c1-4-13-12(3,11(15)16)9-14-7-5-10(2)6-8-14/h10,13H,4-9H2,1-3H3,(H,15,16). The van der Waals surface area contributed by atoms with Gasteiger partial charge in [-0.15, -0.1) is 0 Å². The monoisotopic (exact) mass is 228 g/mol. The van der Waals surface area contributed by atoms with Crippen LogP contribution in [0.25, 0.3) is 0 Å². The molecule has 0 saturated carbocycles. The van der Waals surface area contributed by atoms with E-state index < -0.39 is 11.5 Å². The van der Waals surface area contributed by atoms with E-state index in [4.69, 9.17) is 0 Å². The molecule has 1 saturated heterocycles. The van der Waals surface area contributed by atoms with E-state index in [-0.39, 0.29) is 0 Å². The van der Waals surface area contributed by atoms with Crippen molar-refractivity contribution in [1.82, 2.24) is 10.2 Å². The molecule has 0 radical (unpaired) electrons. The van der Waals surface area contributed by atoms with Gasteiger partial charge in [0.15, 0.2) is 0 Å². The van der Waals surface area contributed by atoms with E-state index in [0.717, 1.165) is 19.0 Å². The number of hydrogen-bond donors (Lipinski definition) is 2. The molecule has 0 spiro atoms. The van der Waals surface area contributed by atoms with E-state index in [1.165, 1.54) is 12.8 Å². The highest BCUT2D eigenvalue weighted by molar-refractivity contribution is 5.78. The Morgan fingerprint density at radius 1 is 1.50 bits per heavy atom. The van der Waals surface area contributed by atoms with Gasteiger partial charge in [0.05, 0.1) is 0 Å². The zero-order valence-electron chi connectivity index (χ0n) is 10.6. The highest BCUT2D eigenvalue weighted by Crippen LogP contribution is 2.18. The average Bonchev–Trinajstić information content (AvgIpc) is 2.22. The van der Waals surface area contributed by atoms with Gasteiger partial charge in [0.2, 0.25) is 0 Å². The molecule has 1 rings (SSSR count). The van der Waals surface area contributed by atoms with Crippen LogP contribution < -0.4 is 5.32 Å². The molecule has 1 aliphatic rings. The van der Waals surface area contributed by atoms with Crippen LogP contribution in [0.5, 0.6) is 0 Å². The van der Waals surface area contributed by atoms with Crippen molar-refractivity contribution >= 4 is 5.97 Å². The van der Waals surface area contributed by atoms with E-state index >= 15 is 0 Å². The van der Waals surface area contributed by atoms with Crippen LogP contribution in [0.3, 0.4) is 0 Å². The summed E-state index contributed by atoms with van der Waals surface area (Å²) in [6, 6.07) is 0. The van der Waals surface area contributed by atoms with Crippen molar-refractivity contribution in [3.8, 4) is 0 Å². The Morgan fingerprint density at radius 2 is 2.06 bits per heavy atom. The number of carbonyl (C=O) groups is 1. The molecule has 2 N–H and O–H groups in total. The molecule has 94 valence electrons. The van der Waals surface area contributed by atoms with Crippen LogP contribution in [0.15, 0.2) is 0 Å². The lowest BCUT2D eigenvalue weighted by Gasteiger charge is -2.36. The van der Waals surface area contributed by atoms with Crippen LogP contribution in [0.1, 0.15) is 33.6 Å². The third-order valence-electron chi connectivity index (χ3n) is 3.46. The fourth-order valence-corrected chi connectivity index (χ4v) is 2.26. The summed E-state index contributed by atoms with van der Waals surface area (Å²) in [5.41, 5.74) is -0.810. The number of carboxylic acid groups (broad SMARTS) is 1. The van der Waals surface area contributed by atoms with Crippen LogP contribution in [0, 0.1) is 5.92 Å². The molecule has 4 nitrogen and oxygen atoms in total. The number of aliphatic carboxylic acids is 1. The lowest BCUT2D eigenvalue weighted by atomic mass is 9.96. The second-order valence-electron chi connectivity index (χ2n) is 5.13. The highest BCUT2D eigenvalue weighted by atomic mass is 16.4. The average molecular weight is 228 g/mol. The first-order valence-corrected chi connectivity index (χ1v) is 6.18. The second kappa shape index (κ2) is 5.64. The van der Waals surface area contributed by atoms with Crippen molar-refractivity contribution in [2.45, 2.75) is 39.2 Å². The lowest BCUT2D eigenvalue weighted by Crippen LogP contribution is -2.57. The van der Waals surface area contributed by atoms with Gasteiger partial charge >= 0.3 is 5.97 Å². The minimum atomic E-state index is -0.810. The molecular weight excluding hydrogens is 204 g/mol. The molecule has 4 heteroatoms. The van der Waals surface area contributed by atoms with E-state index in [9.17, 15) is 9.90 Å².